The number of hydrogen-bond acceptors (Lipinski definition) is 5. The summed E-state index contributed by atoms with van der Waals surface area (Å²) in [5.74, 6) is 0.707. The number of hydrogen-bond donors (Lipinski definition) is 3. The van der Waals surface area contributed by atoms with Crippen molar-refractivity contribution in [3.05, 3.63) is 70.3 Å². The van der Waals surface area contributed by atoms with Crippen LogP contribution in [0.1, 0.15) is 17.0 Å². The lowest BCUT2D eigenvalue weighted by molar-refractivity contribution is -0.908. The Bertz CT molecular complexity index is 929. The predicted molar refractivity (Wildman–Crippen MR) is 104 cm³/mol. The lowest BCUT2D eigenvalue weighted by atomic mass is 10.2. The first kappa shape index (κ1) is 19.0. The molecule has 0 amide bonds. The zero-order valence-corrected chi connectivity index (χ0v) is 15.9. The molecule has 2 aromatic carbocycles. The largest absolute Gasteiger partial charge is 0.368 e. The first-order chi connectivity index (χ1) is 12.9. The van der Waals surface area contributed by atoms with Gasteiger partial charge >= 0.3 is 0 Å². The number of nitrogens with one attached hydrogen (secondary N) is 2. The molecule has 1 heterocycles. The molecule has 0 saturated carbocycles. The van der Waals surface area contributed by atoms with Crippen molar-refractivity contribution in [2.24, 2.45) is 0 Å². The van der Waals surface area contributed by atoms with E-state index in [1.165, 1.54) is 6.07 Å². The maximum Gasteiger partial charge on any atom is 0.232 e. The molecule has 27 heavy (non-hydrogen) atoms. The summed E-state index contributed by atoms with van der Waals surface area (Å²) >= 11 is 6.11. The van der Waals surface area contributed by atoms with Crippen LogP contribution in [0.25, 0.3) is 0 Å². The Morgan fingerprint density at radius 3 is 2.59 bits per heavy atom. The average Bonchev–Trinajstić information content (AvgIpc) is 2.60. The SMILES string of the molecule is Cc1ccccc1Nc1nc(N)nc(C[NH+](C)Cc2c(F)cccc2Cl)n1. The van der Waals surface area contributed by atoms with Gasteiger partial charge in [0.2, 0.25) is 11.9 Å². The molecule has 0 radical (unpaired) electrons. The van der Waals surface area contributed by atoms with E-state index in [0.29, 0.717) is 35.4 Å². The highest BCUT2D eigenvalue weighted by Crippen LogP contribution is 2.19. The van der Waals surface area contributed by atoms with Crippen molar-refractivity contribution in [2.45, 2.75) is 20.0 Å². The van der Waals surface area contributed by atoms with Gasteiger partial charge in [-0.05, 0) is 30.7 Å². The van der Waals surface area contributed by atoms with Crippen molar-refractivity contribution in [1.82, 2.24) is 15.0 Å². The van der Waals surface area contributed by atoms with Crippen molar-refractivity contribution < 1.29 is 9.29 Å². The summed E-state index contributed by atoms with van der Waals surface area (Å²) in [6.07, 6.45) is 0. The molecule has 1 unspecified atom stereocenters. The first-order valence-corrected chi connectivity index (χ1v) is 8.87. The zero-order chi connectivity index (χ0) is 19.4. The van der Waals surface area contributed by atoms with E-state index in [0.717, 1.165) is 16.2 Å². The topological polar surface area (TPSA) is 81.2 Å². The number of halogens is 2. The van der Waals surface area contributed by atoms with Crippen LogP contribution in [0.2, 0.25) is 5.02 Å². The van der Waals surface area contributed by atoms with Crippen molar-refractivity contribution in [1.29, 1.82) is 0 Å². The summed E-state index contributed by atoms with van der Waals surface area (Å²) in [6, 6.07) is 12.5. The lowest BCUT2D eigenvalue weighted by Gasteiger charge is -2.15. The highest BCUT2D eigenvalue weighted by molar-refractivity contribution is 6.31. The van der Waals surface area contributed by atoms with Crippen molar-refractivity contribution in [3.8, 4) is 0 Å². The van der Waals surface area contributed by atoms with E-state index in [4.69, 9.17) is 17.3 Å². The molecule has 3 aromatic rings. The van der Waals surface area contributed by atoms with E-state index < -0.39 is 0 Å². The van der Waals surface area contributed by atoms with Crippen LogP contribution in [0.15, 0.2) is 42.5 Å². The van der Waals surface area contributed by atoms with Crippen LogP contribution in [0.4, 0.5) is 22.0 Å². The average molecular weight is 388 g/mol. The number of aryl methyl sites for hydroxylation is 1. The number of benzene rings is 2. The van der Waals surface area contributed by atoms with Crippen LogP contribution in [0.3, 0.4) is 0 Å². The molecule has 0 aliphatic rings. The molecule has 6 nitrogen and oxygen atoms in total. The van der Waals surface area contributed by atoms with Gasteiger partial charge in [0.25, 0.3) is 0 Å². The molecule has 1 aromatic heterocycles. The maximum atomic E-state index is 14.0. The van der Waals surface area contributed by atoms with Gasteiger partial charge < -0.3 is 16.0 Å². The van der Waals surface area contributed by atoms with Crippen LogP contribution in [-0.2, 0) is 13.1 Å². The molecular formula is C19H21ClFN6+. The van der Waals surface area contributed by atoms with Crippen LogP contribution in [0.5, 0.6) is 0 Å². The molecule has 1 atom stereocenters. The Kier molecular flexibility index (Phi) is 5.83. The molecular weight excluding hydrogens is 367 g/mol. The Labute approximate surface area is 162 Å². The number of nitrogens with two attached hydrogens (primary N) is 1. The number of rotatable bonds is 6. The second kappa shape index (κ2) is 8.28. The molecule has 0 fully saturated rings. The van der Waals surface area contributed by atoms with Gasteiger partial charge in [-0.15, -0.1) is 0 Å². The van der Waals surface area contributed by atoms with Gasteiger partial charge in [-0.25, -0.2) is 4.39 Å². The Hall–Kier alpha value is -2.77. The number of para-hydroxylation sites is 1. The van der Waals surface area contributed by atoms with Gasteiger partial charge in [0.05, 0.1) is 17.6 Å². The number of aromatic nitrogens is 3. The van der Waals surface area contributed by atoms with Gasteiger partial charge in [-0.2, -0.15) is 15.0 Å². The van der Waals surface area contributed by atoms with Crippen LogP contribution < -0.4 is 16.0 Å². The molecule has 0 aliphatic heterocycles. The minimum Gasteiger partial charge on any atom is -0.368 e. The molecule has 4 N–H and O–H groups in total. The zero-order valence-electron chi connectivity index (χ0n) is 15.1. The third kappa shape index (κ3) is 4.90. The van der Waals surface area contributed by atoms with Crippen LogP contribution in [-0.4, -0.2) is 22.0 Å². The summed E-state index contributed by atoms with van der Waals surface area (Å²) in [5.41, 5.74) is 8.27. The van der Waals surface area contributed by atoms with Gasteiger partial charge in [0.1, 0.15) is 18.9 Å². The summed E-state index contributed by atoms with van der Waals surface area (Å²) in [4.78, 5) is 13.7. The molecule has 0 saturated heterocycles. The van der Waals surface area contributed by atoms with E-state index in [2.05, 4.69) is 20.3 Å². The minimum atomic E-state index is -0.320. The quantitative estimate of drug-likeness (QED) is 0.605. The summed E-state index contributed by atoms with van der Waals surface area (Å²) in [7, 11) is 1.91. The van der Waals surface area contributed by atoms with Crippen molar-refractivity contribution in [2.75, 3.05) is 18.1 Å². The fraction of sp³-hybridized carbons (Fsp3) is 0.211. The van der Waals surface area contributed by atoms with E-state index in [1.807, 2.05) is 38.2 Å². The normalized spacial score (nSPS) is 12.0. The summed E-state index contributed by atoms with van der Waals surface area (Å²) < 4.78 is 14.0. The predicted octanol–water partition coefficient (Wildman–Crippen LogP) is 2.51. The fourth-order valence-corrected chi connectivity index (χ4v) is 2.97. The first-order valence-electron chi connectivity index (χ1n) is 8.49. The van der Waals surface area contributed by atoms with E-state index in [9.17, 15) is 4.39 Å². The number of anilines is 3. The highest BCUT2D eigenvalue weighted by atomic mass is 35.5. The Balaban J connectivity index is 1.75. The Morgan fingerprint density at radius 2 is 1.85 bits per heavy atom. The molecule has 3 rings (SSSR count). The molecule has 0 aliphatic carbocycles. The van der Waals surface area contributed by atoms with Gasteiger partial charge in [0.15, 0.2) is 5.82 Å². The van der Waals surface area contributed by atoms with Crippen molar-refractivity contribution >= 4 is 29.2 Å². The second-order valence-corrected chi connectivity index (χ2v) is 6.79. The fourth-order valence-electron chi connectivity index (χ4n) is 2.74. The van der Waals surface area contributed by atoms with E-state index >= 15 is 0 Å². The van der Waals surface area contributed by atoms with Gasteiger partial charge in [-0.3, -0.25) is 0 Å². The van der Waals surface area contributed by atoms with Gasteiger partial charge in [0, 0.05) is 5.69 Å². The summed E-state index contributed by atoms with van der Waals surface area (Å²) in [5, 5.41) is 3.57. The molecule has 0 spiro atoms. The monoisotopic (exact) mass is 387 g/mol. The second-order valence-electron chi connectivity index (χ2n) is 6.38. The minimum absolute atomic E-state index is 0.132. The molecule has 140 valence electrons. The third-order valence-corrected chi connectivity index (χ3v) is 4.44. The smallest absolute Gasteiger partial charge is 0.232 e. The number of nitrogens with zero attached hydrogens (tertiary/aromatic N) is 3. The highest BCUT2D eigenvalue weighted by Gasteiger charge is 2.15. The van der Waals surface area contributed by atoms with Crippen LogP contribution in [0, 0.1) is 12.7 Å². The Morgan fingerprint density at radius 1 is 1.07 bits per heavy atom. The van der Waals surface area contributed by atoms with Gasteiger partial charge in [-0.1, -0.05) is 35.9 Å². The summed E-state index contributed by atoms with van der Waals surface area (Å²) in [6.45, 7) is 2.83. The van der Waals surface area contributed by atoms with E-state index in [1.54, 1.807) is 12.1 Å². The standard InChI is InChI=1S/C19H20ClFN6/c1-12-6-3-4-9-16(12)23-19-25-17(24-18(22)26-19)11-27(2)10-13-14(20)7-5-8-15(13)21/h3-9H,10-11H2,1-2H3,(H3,22,23,24,25,26)/p+1. The molecule has 8 heteroatoms. The third-order valence-electron chi connectivity index (χ3n) is 4.09. The number of quaternary nitrogens is 1. The lowest BCUT2D eigenvalue weighted by Crippen LogP contribution is -3.06. The van der Waals surface area contributed by atoms with E-state index in [-0.39, 0.29) is 11.8 Å². The van der Waals surface area contributed by atoms with Crippen molar-refractivity contribution in [3.63, 3.8) is 0 Å². The van der Waals surface area contributed by atoms with Crippen LogP contribution >= 0.6 is 11.6 Å². The molecule has 0 bridgehead atoms. The number of nitrogen functional groups attached to an aromatic ring is 1. The maximum absolute atomic E-state index is 14.0.